The molecule has 2 fully saturated rings. The number of benzene rings is 1. The zero-order valence-corrected chi connectivity index (χ0v) is 25.9. The molecule has 1 aromatic carbocycles. The van der Waals surface area contributed by atoms with Gasteiger partial charge in [0.1, 0.15) is 23.9 Å². The third kappa shape index (κ3) is 8.51. The maximum atomic E-state index is 13.3. The number of β-lactam (4-membered cyclic amide) rings is 1. The minimum absolute atomic E-state index is 0.0255. The van der Waals surface area contributed by atoms with Crippen LogP contribution < -0.4 is 21.5 Å². The van der Waals surface area contributed by atoms with E-state index in [0.717, 1.165) is 37.3 Å². The highest BCUT2D eigenvalue weighted by Crippen LogP contribution is 2.40. The average molecular weight is 668 g/mol. The van der Waals surface area contributed by atoms with Crippen LogP contribution in [0.1, 0.15) is 44.4 Å². The van der Waals surface area contributed by atoms with Gasteiger partial charge in [0.05, 0.1) is 17.5 Å². The van der Waals surface area contributed by atoms with E-state index in [1.54, 1.807) is 24.3 Å². The SMILES string of the molecule is CC1(C)C(CC(=O)/C(=N\O[C@@H](COc2ccc(C(N)=NC3CCNCC3)cc2)C(=O)O)c2csc(N)n2)C(=O)N1OS(=O)(=O)O. The lowest BCUT2D eigenvalue weighted by molar-refractivity contribution is -0.228. The molecule has 1 aromatic heterocycles. The highest BCUT2D eigenvalue weighted by Gasteiger charge is 2.57. The highest BCUT2D eigenvalue weighted by molar-refractivity contribution is 7.80. The van der Waals surface area contributed by atoms with Gasteiger partial charge >= 0.3 is 16.4 Å². The molecule has 45 heavy (non-hydrogen) atoms. The number of carboxylic acids is 1. The van der Waals surface area contributed by atoms with Gasteiger partial charge in [-0.2, -0.15) is 13.5 Å². The second-order valence-corrected chi connectivity index (χ2v) is 12.6. The summed E-state index contributed by atoms with van der Waals surface area (Å²) in [5.74, 6) is -3.47. The number of oxime groups is 1. The molecule has 0 saturated carbocycles. The fourth-order valence-electron chi connectivity index (χ4n) is 4.65. The molecule has 0 aliphatic carbocycles. The smallest absolute Gasteiger partial charge is 0.418 e. The average Bonchev–Trinajstić information content (AvgIpc) is 3.41. The highest BCUT2D eigenvalue weighted by atomic mass is 32.3. The molecule has 0 bridgehead atoms. The van der Waals surface area contributed by atoms with Crippen molar-refractivity contribution in [2.75, 3.05) is 25.4 Å². The van der Waals surface area contributed by atoms with Crippen molar-refractivity contribution in [3.05, 3.63) is 40.9 Å². The van der Waals surface area contributed by atoms with Crippen molar-refractivity contribution >= 4 is 56.1 Å². The van der Waals surface area contributed by atoms with E-state index in [-0.39, 0.29) is 16.9 Å². The van der Waals surface area contributed by atoms with Crippen molar-refractivity contribution in [3.63, 3.8) is 0 Å². The minimum atomic E-state index is -4.99. The number of aromatic nitrogens is 1. The molecule has 2 aliphatic rings. The first-order chi connectivity index (χ1) is 21.2. The Morgan fingerprint density at radius 3 is 2.47 bits per heavy atom. The van der Waals surface area contributed by atoms with Gasteiger partial charge in [-0.05, 0) is 64.0 Å². The molecular formula is C26H33N7O10S2. The third-order valence-corrected chi connectivity index (χ3v) is 8.20. The van der Waals surface area contributed by atoms with E-state index in [9.17, 15) is 27.9 Å². The monoisotopic (exact) mass is 667 g/mol. The molecule has 2 saturated heterocycles. The summed E-state index contributed by atoms with van der Waals surface area (Å²) in [6.07, 6.45) is -0.367. The van der Waals surface area contributed by atoms with E-state index in [1.807, 2.05) is 0 Å². The van der Waals surface area contributed by atoms with Crippen LogP contribution in [0.4, 0.5) is 5.13 Å². The number of nitrogen functional groups attached to an aromatic ring is 1. The number of nitrogens with two attached hydrogens (primary N) is 2. The Kier molecular flexibility index (Phi) is 10.4. The topological polar surface area (TPSA) is 258 Å². The number of ether oxygens (including phenoxy) is 1. The van der Waals surface area contributed by atoms with Crippen molar-refractivity contribution < 1.29 is 46.3 Å². The summed E-state index contributed by atoms with van der Waals surface area (Å²) < 4.78 is 41.0. The lowest BCUT2D eigenvalue weighted by Crippen LogP contribution is -2.68. The number of amides is 1. The largest absolute Gasteiger partial charge is 0.489 e. The number of hydroxylamine groups is 2. The molecule has 244 valence electrons. The van der Waals surface area contributed by atoms with Crippen LogP contribution in [0.3, 0.4) is 0 Å². The number of nitrogens with zero attached hydrogens (tertiary/aromatic N) is 4. The predicted molar refractivity (Wildman–Crippen MR) is 161 cm³/mol. The van der Waals surface area contributed by atoms with Crippen molar-refractivity contribution in [1.29, 1.82) is 0 Å². The van der Waals surface area contributed by atoms with Gasteiger partial charge < -0.3 is 31.5 Å². The number of carboxylic acid groups (broad SMARTS) is 1. The minimum Gasteiger partial charge on any atom is -0.489 e. The molecule has 19 heteroatoms. The summed E-state index contributed by atoms with van der Waals surface area (Å²) in [5, 5.41) is 18.7. The zero-order chi connectivity index (χ0) is 32.9. The second kappa shape index (κ2) is 13.9. The van der Waals surface area contributed by atoms with Crippen LogP contribution >= 0.6 is 11.3 Å². The number of aliphatic imine (C=N–C) groups is 1. The fraction of sp³-hybridized carbons (Fsp3) is 0.462. The Hall–Kier alpha value is -4.17. The number of piperidine rings is 1. The van der Waals surface area contributed by atoms with Crippen LogP contribution in [-0.2, 0) is 33.9 Å². The lowest BCUT2D eigenvalue weighted by atomic mass is 9.74. The van der Waals surface area contributed by atoms with Gasteiger partial charge in [0, 0.05) is 17.4 Å². The van der Waals surface area contributed by atoms with Crippen molar-refractivity contribution in [3.8, 4) is 5.75 Å². The number of ketones is 1. The van der Waals surface area contributed by atoms with E-state index in [4.69, 9.17) is 25.6 Å². The van der Waals surface area contributed by atoms with Gasteiger partial charge in [0.15, 0.2) is 16.6 Å². The van der Waals surface area contributed by atoms with E-state index < -0.39 is 64.4 Å². The molecule has 2 atom stereocenters. The number of nitrogens with one attached hydrogen (secondary N) is 1. The van der Waals surface area contributed by atoms with Crippen molar-refractivity contribution in [2.24, 2.45) is 21.8 Å². The molecule has 1 unspecified atom stereocenters. The van der Waals surface area contributed by atoms with Gasteiger partial charge in [-0.15, -0.1) is 15.6 Å². The number of rotatable bonds is 14. The number of carbonyl (C=O) groups is 3. The Morgan fingerprint density at radius 2 is 1.91 bits per heavy atom. The Morgan fingerprint density at radius 1 is 1.24 bits per heavy atom. The molecule has 0 spiro atoms. The summed E-state index contributed by atoms with van der Waals surface area (Å²) in [7, 11) is -4.99. The Balaban J connectivity index is 1.43. The van der Waals surface area contributed by atoms with E-state index in [0.29, 0.717) is 22.2 Å². The van der Waals surface area contributed by atoms with E-state index in [2.05, 4.69) is 24.7 Å². The molecule has 2 aromatic rings. The maximum Gasteiger partial charge on any atom is 0.418 e. The lowest BCUT2D eigenvalue weighted by Gasteiger charge is -2.50. The number of hydrogen-bond acceptors (Lipinski definition) is 14. The molecule has 3 heterocycles. The summed E-state index contributed by atoms with van der Waals surface area (Å²) in [6.45, 7) is 4.11. The quantitative estimate of drug-likeness (QED) is 0.0599. The zero-order valence-electron chi connectivity index (χ0n) is 24.3. The number of carbonyl (C=O) groups excluding carboxylic acids is 2. The van der Waals surface area contributed by atoms with Crippen molar-refractivity contribution in [2.45, 2.75) is 50.8 Å². The first kappa shape index (κ1) is 33.7. The molecule has 0 radical (unpaired) electrons. The van der Waals surface area contributed by atoms with Crippen LogP contribution in [0.5, 0.6) is 5.75 Å². The van der Waals surface area contributed by atoms with Gasteiger partial charge in [0.2, 0.25) is 0 Å². The fourth-order valence-corrected chi connectivity index (χ4v) is 5.65. The maximum absolute atomic E-state index is 13.3. The van der Waals surface area contributed by atoms with Crippen LogP contribution in [0.15, 0.2) is 39.8 Å². The summed E-state index contributed by atoms with van der Waals surface area (Å²) in [6, 6.07) is 6.73. The summed E-state index contributed by atoms with van der Waals surface area (Å²) >= 11 is 0.984. The Bertz CT molecular complexity index is 1580. The number of thiazole rings is 1. The van der Waals surface area contributed by atoms with Gasteiger partial charge in [-0.3, -0.25) is 19.1 Å². The molecule has 4 rings (SSSR count). The van der Waals surface area contributed by atoms with Gasteiger partial charge in [-0.25, -0.2) is 9.78 Å². The van der Waals surface area contributed by atoms with Gasteiger partial charge in [-0.1, -0.05) is 5.16 Å². The number of aliphatic carboxylic acids is 1. The number of amidine groups is 1. The van der Waals surface area contributed by atoms with Crippen LogP contribution in [0, 0.1) is 5.92 Å². The normalized spacial score (nSPS) is 19.9. The number of Topliss-reactive ketones (excluding diaryl/α,β-unsaturated/α-hetero) is 1. The standard InChI is InChI=1S/C26H33N7O10S2/c1-26(2)17(23(35)33(26)43-45(38,39)40)11-19(34)21(18-13-44-25(28)31-18)32-42-20(24(36)37)12-41-16-5-3-14(4-6-16)22(27)30-15-7-9-29-10-8-15/h3-6,13,15,17,20,29H,7-12H2,1-2H3,(H2,27,30)(H2,28,31)(H,36,37)(H,38,39,40)/b32-21-/t17?,20-/m0/s1. The third-order valence-electron chi connectivity index (χ3n) is 7.19. The van der Waals surface area contributed by atoms with E-state index in [1.165, 1.54) is 19.2 Å². The van der Waals surface area contributed by atoms with Crippen LogP contribution in [-0.4, -0.2) is 94.7 Å². The summed E-state index contributed by atoms with van der Waals surface area (Å²) in [4.78, 5) is 51.5. The first-order valence-electron chi connectivity index (χ1n) is 13.6. The number of hydrogen-bond donors (Lipinski definition) is 5. The Labute approximate surface area is 262 Å². The molecule has 17 nitrogen and oxygen atoms in total. The predicted octanol–water partition coefficient (Wildman–Crippen LogP) is 0.366. The summed E-state index contributed by atoms with van der Waals surface area (Å²) in [5.41, 5.74) is 10.8. The van der Waals surface area contributed by atoms with Crippen molar-refractivity contribution in [1.82, 2.24) is 15.4 Å². The molecular weight excluding hydrogens is 634 g/mol. The first-order valence-corrected chi connectivity index (χ1v) is 15.9. The second-order valence-electron chi connectivity index (χ2n) is 10.7. The van der Waals surface area contributed by atoms with Crippen LogP contribution in [0.25, 0.3) is 0 Å². The molecule has 7 N–H and O–H groups in total. The molecule has 1 amide bonds. The number of anilines is 1. The van der Waals surface area contributed by atoms with Crippen LogP contribution in [0.2, 0.25) is 0 Å². The molecule has 2 aliphatic heterocycles. The van der Waals surface area contributed by atoms with Gasteiger partial charge in [0.25, 0.3) is 12.0 Å². The van der Waals surface area contributed by atoms with E-state index >= 15 is 0 Å².